The summed E-state index contributed by atoms with van der Waals surface area (Å²) in [6.07, 6.45) is 3.57. The van der Waals surface area contributed by atoms with E-state index in [1.807, 2.05) is 30.5 Å². The van der Waals surface area contributed by atoms with Crippen molar-refractivity contribution in [3.63, 3.8) is 0 Å². The standard InChI is InChI=1S/C18H13NOS/c1-2-6-13(7-3-1)17(15-9-5-11-20-15)16-12-14-8-4-10-19-18(14)21-16/h1-12,17H. The van der Waals surface area contributed by atoms with E-state index >= 15 is 0 Å². The lowest BCUT2D eigenvalue weighted by Crippen LogP contribution is -1.99. The van der Waals surface area contributed by atoms with Crippen LogP contribution in [-0.2, 0) is 0 Å². The average molecular weight is 291 g/mol. The highest BCUT2D eigenvalue weighted by molar-refractivity contribution is 7.18. The number of nitrogens with zero attached hydrogens (tertiary/aromatic N) is 1. The van der Waals surface area contributed by atoms with Gasteiger partial charge in [-0.05, 0) is 29.8 Å². The Morgan fingerprint density at radius 1 is 0.952 bits per heavy atom. The second kappa shape index (κ2) is 5.19. The van der Waals surface area contributed by atoms with Crippen LogP contribution in [0.25, 0.3) is 10.2 Å². The number of furan rings is 1. The van der Waals surface area contributed by atoms with Crippen LogP contribution < -0.4 is 0 Å². The lowest BCUT2D eigenvalue weighted by Gasteiger charge is -2.13. The second-order valence-corrected chi connectivity index (χ2v) is 5.97. The number of pyridine rings is 1. The lowest BCUT2D eigenvalue weighted by molar-refractivity contribution is 0.505. The molecule has 2 nitrogen and oxygen atoms in total. The Bertz CT molecular complexity index is 816. The monoisotopic (exact) mass is 291 g/mol. The molecule has 0 aliphatic rings. The quantitative estimate of drug-likeness (QED) is 0.526. The molecule has 4 aromatic rings. The van der Waals surface area contributed by atoms with Gasteiger partial charge in [-0.3, -0.25) is 0 Å². The van der Waals surface area contributed by atoms with Crippen molar-refractivity contribution in [2.45, 2.75) is 5.92 Å². The predicted octanol–water partition coefficient (Wildman–Crippen LogP) is 5.07. The third kappa shape index (κ3) is 2.26. The number of hydrogen-bond acceptors (Lipinski definition) is 3. The first-order valence-electron chi connectivity index (χ1n) is 6.84. The molecule has 0 aliphatic carbocycles. The van der Waals surface area contributed by atoms with Crippen molar-refractivity contribution in [3.05, 3.63) is 89.3 Å². The number of aromatic nitrogens is 1. The van der Waals surface area contributed by atoms with Crippen molar-refractivity contribution in [1.29, 1.82) is 0 Å². The molecule has 102 valence electrons. The van der Waals surface area contributed by atoms with Crippen LogP contribution in [0.4, 0.5) is 0 Å². The highest BCUT2D eigenvalue weighted by atomic mass is 32.1. The predicted molar refractivity (Wildman–Crippen MR) is 85.7 cm³/mol. The fraction of sp³-hybridized carbons (Fsp3) is 0.0556. The van der Waals surface area contributed by atoms with E-state index in [0.717, 1.165) is 10.6 Å². The first-order chi connectivity index (χ1) is 10.4. The highest BCUT2D eigenvalue weighted by Gasteiger charge is 2.21. The first-order valence-corrected chi connectivity index (χ1v) is 7.66. The van der Waals surface area contributed by atoms with Crippen molar-refractivity contribution in [1.82, 2.24) is 4.98 Å². The molecule has 1 aromatic carbocycles. The van der Waals surface area contributed by atoms with Gasteiger partial charge in [0.05, 0.1) is 12.2 Å². The van der Waals surface area contributed by atoms with Gasteiger partial charge in [-0.25, -0.2) is 4.98 Å². The summed E-state index contributed by atoms with van der Waals surface area (Å²) in [7, 11) is 0. The fourth-order valence-corrected chi connectivity index (χ4v) is 3.74. The first kappa shape index (κ1) is 12.4. The van der Waals surface area contributed by atoms with Gasteiger partial charge in [0.1, 0.15) is 10.6 Å². The van der Waals surface area contributed by atoms with Gasteiger partial charge in [-0.1, -0.05) is 36.4 Å². The lowest BCUT2D eigenvalue weighted by atomic mass is 9.95. The third-order valence-corrected chi connectivity index (χ3v) is 4.68. The summed E-state index contributed by atoms with van der Waals surface area (Å²) in [6.45, 7) is 0. The van der Waals surface area contributed by atoms with Gasteiger partial charge in [-0.2, -0.15) is 0 Å². The van der Waals surface area contributed by atoms with Crippen molar-refractivity contribution < 1.29 is 4.42 Å². The molecule has 0 saturated carbocycles. The summed E-state index contributed by atoms with van der Waals surface area (Å²) in [5.74, 6) is 1.09. The Balaban J connectivity index is 1.90. The van der Waals surface area contributed by atoms with E-state index in [1.54, 1.807) is 17.6 Å². The Morgan fingerprint density at radius 3 is 2.62 bits per heavy atom. The summed E-state index contributed by atoms with van der Waals surface area (Å²) in [5, 5.41) is 1.19. The van der Waals surface area contributed by atoms with Crippen LogP contribution in [0.1, 0.15) is 22.1 Å². The molecule has 0 radical (unpaired) electrons. The Labute approximate surface area is 126 Å². The maximum absolute atomic E-state index is 5.69. The van der Waals surface area contributed by atoms with Crippen molar-refractivity contribution in [2.24, 2.45) is 0 Å². The number of thiophene rings is 1. The minimum atomic E-state index is 0.125. The molecule has 0 bridgehead atoms. The zero-order valence-corrected chi connectivity index (χ0v) is 12.1. The van der Waals surface area contributed by atoms with Crippen LogP contribution in [0.3, 0.4) is 0 Å². The van der Waals surface area contributed by atoms with E-state index in [4.69, 9.17) is 4.42 Å². The molecule has 0 N–H and O–H groups in total. The molecule has 0 saturated heterocycles. The fourth-order valence-electron chi connectivity index (χ4n) is 2.60. The van der Waals surface area contributed by atoms with E-state index in [1.165, 1.54) is 15.8 Å². The van der Waals surface area contributed by atoms with Gasteiger partial charge in [0, 0.05) is 16.5 Å². The minimum Gasteiger partial charge on any atom is -0.468 e. The Hall–Kier alpha value is -2.39. The Morgan fingerprint density at radius 2 is 1.86 bits per heavy atom. The van der Waals surface area contributed by atoms with Crippen LogP contribution in [-0.4, -0.2) is 4.98 Å². The second-order valence-electron chi connectivity index (χ2n) is 4.91. The van der Waals surface area contributed by atoms with Gasteiger partial charge in [0.2, 0.25) is 0 Å². The zero-order chi connectivity index (χ0) is 14.1. The molecule has 3 heteroatoms. The number of benzene rings is 1. The van der Waals surface area contributed by atoms with Crippen LogP contribution in [0.5, 0.6) is 0 Å². The largest absolute Gasteiger partial charge is 0.468 e. The zero-order valence-electron chi connectivity index (χ0n) is 11.3. The van der Waals surface area contributed by atoms with E-state index in [9.17, 15) is 0 Å². The van der Waals surface area contributed by atoms with Gasteiger partial charge in [0.25, 0.3) is 0 Å². The maximum atomic E-state index is 5.69. The van der Waals surface area contributed by atoms with Crippen molar-refractivity contribution in [3.8, 4) is 0 Å². The third-order valence-electron chi connectivity index (χ3n) is 3.56. The normalized spacial score (nSPS) is 12.6. The van der Waals surface area contributed by atoms with Crippen LogP contribution in [0.15, 0.2) is 77.5 Å². The molecule has 0 spiro atoms. The van der Waals surface area contributed by atoms with E-state index in [2.05, 4.69) is 41.4 Å². The molecule has 3 heterocycles. The molecule has 0 amide bonds. The summed E-state index contributed by atoms with van der Waals surface area (Å²) in [4.78, 5) is 6.77. The molecule has 4 rings (SSSR count). The molecule has 0 aliphatic heterocycles. The van der Waals surface area contributed by atoms with E-state index < -0.39 is 0 Å². The molecular formula is C18H13NOS. The molecule has 1 unspecified atom stereocenters. The SMILES string of the molecule is c1ccc(C(c2ccco2)c2cc3cccnc3s2)cc1. The summed E-state index contributed by atoms with van der Waals surface area (Å²) in [5.41, 5.74) is 1.24. The van der Waals surface area contributed by atoms with Gasteiger partial charge >= 0.3 is 0 Å². The minimum absolute atomic E-state index is 0.125. The van der Waals surface area contributed by atoms with Crippen molar-refractivity contribution in [2.75, 3.05) is 0 Å². The average Bonchev–Trinajstić information content (AvgIpc) is 3.18. The Kier molecular flexibility index (Phi) is 3.05. The van der Waals surface area contributed by atoms with Crippen LogP contribution >= 0.6 is 11.3 Å². The van der Waals surface area contributed by atoms with Gasteiger partial charge in [-0.15, -0.1) is 11.3 Å². The molecule has 0 fully saturated rings. The molecule has 3 aromatic heterocycles. The highest BCUT2D eigenvalue weighted by Crippen LogP contribution is 2.38. The van der Waals surface area contributed by atoms with E-state index in [0.29, 0.717) is 0 Å². The summed E-state index contributed by atoms with van der Waals surface area (Å²) < 4.78 is 5.69. The number of rotatable bonds is 3. The number of fused-ring (bicyclic) bond motifs is 1. The maximum Gasteiger partial charge on any atom is 0.123 e. The topological polar surface area (TPSA) is 26.0 Å². The van der Waals surface area contributed by atoms with Crippen molar-refractivity contribution >= 4 is 21.6 Å². The summed E-state index contributed by atoms with van der Waals surface area (Å²) >= 11 is 1.73. The van der Waals surface area contributed by atoms with Crippen LogP contribution in [0.2, 0.25) is 0 Å². The van der Waals surface area contributed by atoms with Crippen LogP contribution in [0, 0.1) is 0 Å². The molecule has 1 atom stereocenters. The molecular weight excluding hydrogens is 278 g/mol. The van der Waals surface area contributed by atoms with Gasteiger partial charge < -0.3 is 4.42 Å². The number of hydrogen-bond donors (Lipinski definition) is 0. The molecule has 21 heavy (non-hydrogen) atoms. The smallest absolute Gasteiger partial charge is 0.123 e. The summed E-state index contributed by atoms with van der Waals surface area (Å²) in [6, 6.07) is 20.7. The van der Waals surface area contributed by atoms with E-state index in [-0.39, 0.29) is 5.92 Å². The van der Waals surface area contributed by atoms with Gasteiger partial charge in [0.15, 0.2) is 0 Å².